The molecule has 2 aromatic rings. The van der Waals surface area contributed by atoms with Gasteiger partial charge < -0.3 is 10.0 Å². The van der Waals surface area contributed by atoms with Gasteiger partial charge in [-0.05, 0) is 30.3 Å². The summed E-state index contributed by atoms with van der Waals surface area (Å²) in [5.74, 6) is -0.639. The Bertz CT molecular complexity index is 1040. The minimum atomic E-state index is -4.79. The van der Waals surface area contributed by atoms with E-state index in [9.17, 15) is 31.5 Å². The molecule has 6 nitrogen and oxygen atoms in total. The zero-order valence-electron chi connectivity index (χ0n) is 14.9. The number of alkyl halides is 3. The van der Waals surface area contributed by atoms with Gasteiger partial charge in [0.2, 0.25) is 10.0 Å². The molecule has 0 unspecified atom stereocenters. The van der Waals surface area contributed by atoms with E-state index in [0.29, 0.717) is 6.07 Å². The second-order valence-electron chi connectivity index (χ2n) is 6.35. The Morgan fingerprint density at radius 2 is 1.66 bits per heavy atom. The van der Waals surface area contributed by atoms with Crippen molar-refractivity contribution in [2.24, 2.45) is 0 Å². The first-order valence-electron chi connectivity index (χ1n) is 8.46. The quantitative estimate of drug-likeness (QED) is 0.782. The number of benzene rings is 2. The number of hydrogen-bond donors (Lipinski definition) is 1. The molecule has 0 saturated carbocycles. The van der Waals surface area contributed by atoms with Crippen LogP contribution in [-0.2, 0) is 16.2 Å². The van der Waals surface area contributed by atoms with Crippen molar-refractivity contribution in [3.8, 4) is 5.75 Å². The van der Waals surface area contributed by atoms with Gasteiger partial charge in [0.15, 0.2) is 0 Å². The summed E-state index contributed by atoms with van der Waals surface area (Å²) in [6, 6.07) is 8.41. The van der Waals surface area contributed by atoms with Gasteiger partial charge in [-0.25, -0.2) is 8.42 Å². The van der Waals surface area contributed by atoms with Crippen LogP contribution in [0.3, 0.4) is 0 Å². The molecular formula is C18H16ClF3N2O4S. The smallest absolute Gasteiger partial charge is 0.417 e. The summed E-state index contributed by atoms with van der Waals surface area (Å²) in [4.78, 5) is 13.4. The molecule has 29 heavy (non-hydrogen) atoms. The lowest BCUT2D eigenvalue weighted by molar-refractivity contribution is -0.137. The minimum absolute atomic E-state index is 0.0338. The lowest BCUT2D eigenvalue weighted by atomic mass is 10.1. The van der Waals surface area contributed by atoms with E-state index in [1.807, 2.05) is 0 Å². The normalized spacial score (nSPS) is 16.1. The maximum atomic E-state index is 13.0. The first kappa shape index (κ1) is 21.4. The van der Waals surface area contributed by atoms with Crippen LogP contribution < -0.4 is 0 Å². The van der Waals surface area contributed by atoms with Gasteiger partial charge in [-0.3, -0.25) is 4.79 Å². The van der Waals surface area contributed by atoms with Gasteiger partial charge in [0, 0.05) is 26.2 Å². The molecule has 1 saturated heterocycles. The van der Waals surface area contributed by atoms with E-state index in [1.54, 1.807) is 12.1 Å². The van der Waals surface area contributed by atoms with E-state index < -0.39 is 37.6 Å². The Balaban J connectivity index is 1.77. The third-order valence-electron chi connectivity index (χ3n) is 4.54. The zero-order chi connectivity index (χ0) is 21.4. The van der Waals surface area contributed by atoms with Crippen molar-refractivity contribution >= 4 is 27.5 Å². The van der Waals surface area contributed by atoms with Crippen LogP contribution in [0.1, 0.15) is 15.9 Å². The fourth-order valence-corrected chi connectivity index (χ4v) is 4.66. The van der Waals surface area contributed by atoms with E-state index in [1.165, 1.54) is 17.0 Å². The molecule has 1 N–H and O–H groups in total. The molecule has 11 heteroatoms. The number of piperazine rings is 1. The lowest BCUT2D eigenvalue weighted by Gasteiger charge is -2.34. The van der Waals surface area contributed by atoms with Crippen LogP contribution in [0.4, 0.5) is 13.2 Å². The highest BCUT2D eigenvalue weighted by atomic mass is 35.5. The van der Waals surface area contributed by atoms with E-state index in [4.69, 9.17) is 11.6 Å². The number of phenols is 1. The lowest BCUT2D eigenvalue weighted by Crippen LogP contribution is -2.50. The molecule has 0 atom stereocenters. The SMILES string of the molecule is O=C(c1ccccc1O)N1CCN(S(=O)(=O)c2ccc(Cl)c(C(F)(F)F)c2)CC1. The standard InChI is InChI=1S/C18H16ClF3N2O4S/c19-15-6-5-12(11-14(15)18(20,21)22)29(27,28)24-9-7-23(8-10-24)17(26)13-3-1-2-4-16(13)25/h1-6,11,25H,7-10H2. The number of sulfonamides is 1. The average Bonchev–Trinajstić information content (AvgIpc) is 2.67. The number of hydrogen-bond acceptors (Lipinski definition) is 4. The molecule has 1 aliphatic heterocycles. The molecular weight excluding hydrogens is 433 g/mol. The molecule has 1 fully saturated rings. The molecule has 3 rings (SSSR count). The number of carbonyl (C=O) groups is 1. The molecule has 1 amide bonds. The highest BCUT2D eigenvalue weighted by Crippen LogP contribution is 2.36. The number of rotatable bonds is 3. The second-order valence-corrected chi connectivity index (χ2v) is 8.70. The first-order valence-corrected chi connectivity index (χ1v) is 10.3. The van der Waals surface area contributed by atoms with Crippen LogP contribution in [0.15, 0.2) is 47.4 Å². The molecule has 1 heterocycles. The summed E-state index contributed by atoms with van der Waals surface area (Å²) in [6.45, 7) is -0.116. The summed E-state index contributed by atoms with van der Waals surface area (Å²) in [5.41, 5.74) is -1.13. The third kappa shape index (κ3) is 4.34. The highest BCUT2D eigenvalue weighted by Gasteiger charge is 2.36. The van der Waals surface area contributed by atoms with Crippen molar-refractivity contribution in [3.63, 3.8) is 0 Å². The monoisotopic (exact) mass is 448 g/mol. The van der Waals surface area contributed by atoms with E-state index in [2.05, 4.69) is 0 Å². The number of amides is 1. The highest BCUT2D eigenvalue weighted by molar-refractivity contribution is 7.89. The molecule has 0 bridgehead atoms. The largest absolute Gasteiger partial charge is 0.507 e. The maximum absolute atomic E-state index is 13.0. The van der Waals surface area contributed by atoms with Gasteiger partial charge in [0.05, 0.1) is 21.0 Å². The summed E-state index contributed by atoms with van der Waals surface area (Å²) < 4.78 is 65.6. The fourth-order valence-electron chi connectivity index (χ4n) is 2.99. The van der Waals surface area contributed by atoms with Gasteiger partial charge in [-0.1, -0.05) is 23.7 Å². The predicted octanol–water partition coefficient (Wildman–Crippen LogP) is 3.21. The topological polar surface area (TPSA) is 77.9 Å². The van der Waals surface area contributed by atoms with Crippen LogP contribution in [-0.4, -0.2) is 54.8 Å². The molecule has 2 aromatic carbocycles. The van der Waals surface area contributed by atoms with Crippen LogP contribution in [0, 0.1) is 0 Å². The molecule has 0 aromatic heterocycles. The fraction of sp³-hybridized carbons (Fsp3) is 0.278. The Hall–Kier alpha value is -2.30. The van der Waals surface area contributed by atoms with Crippen LogP contribution in [0.25, 0.3) is 0 Å². The number of carbonyl (C=O) groups excluding carboxylic acids is 1. The van der Waals surface area contributed by atoms with Gasteiger partial charge in [-0.2, -0.15) is 17.5 Å². The molecule has 0 radical (unpaired) electrons. The van der Waals surface area contributed by atoms with Crippen LogP contribution in [0.5, 0.6) is 5.75 Å². The van der Waals surface area contributed by atoms with Gasteiger partial charge >= 0.3 is 6.18 Å². The van der Waals surface area contributed by atoms with Crippen LogP contribution in [0.2, 0.25) is 5.02 Å². The number of para-hydroxylation sites is 1. The van der Waals surface area contributed by atoms with E-state index in [0.717, 1.165) is 16.4 Å². The molecule has 1 aliphatic rings. The average molecular weight is 449 g/mol. The second kappa shape index (κ2) is 7.85. The number of halogens is 4. The van der Waals surface area contributed by atoms with Crippen molar-refractivity contribution in [2.75, 3.05) is 26.2 Å². The van der Waals surface area contributed by atoms with Gasteiger partial charge in [0.25, 0.3) is 5.91 Å². The zero-order valence-corrected chi connectivity index (χ0v) is 16.4. The van der Waals surface area contributed by atoms with Crippen molar-refractivity contribution in [1.82, 2.24) is 9.21 Å². The van der Waals surface area contributed by atoms with Crippen molar-refractivity contribution < 1.29 is 31.5 Å². The number of nitrogens with zero attached hydrogens (tertiary/aromatic N) is 2. The Morgan fingerprint density at radius 1 is 1.03 bits per heavy atom. The summed E-state index contributed by atoms with van der Waals surface area (Å²) in [7, 11) is -4.20. The van der Waals surface area contributed by atoms with Crippen LogP contribution >= 0.6 is 11.6 Å². The van der Waals surface area contributed by atoms with Crippen molar-refractivity contribution in [1.29, 1.82) is 0 Å². The molecule has 0 spiro atoms. The summed E-state index contributed by atoms with van der Waals surface area (Å²) >= 11 is 5.55. The third-order valence-corrected chi connectivity index (χ3v) is 6.77. The molecule has 156 valence electrons. The summed E-state index contributed by atoms with van der Waals surface area (Å²) in [5, 5.41) is 9.21. The van der Waals surface area contributed by atoms with Gasteiger partial charge in [-0.15, -0.1) is 0 Å². The Morgan fingerprint density at radius 3 is 2.24 bits per heavy atom. The Kier molecular flexibility index (Phi) is 5.79. The van der Waals surface area contributed by atoms with Gasteiger partial charge in [0.1, 0.15) is 5.75 Å². The van der Waals surface area contributed by atoms with Crippen molar-refractivity contribution in [3.05, 3.63) is 58.6 Å². The van der Waals surface area contributed by atoms with E-state index >= 15 is 0 Å². The maximum Gasteiger partial charge on any atom is 0.417 e. The minimum Gasteiger partial charge on any atom is -0.507 e. The number of phenolic OH excluding ortho intramolecular Hbond substituents is 1. The molecule has 0 aliphatic carbocycles. The predicted molar refractivity (Wildman–Crippen MR) is 99.2 cm³/mol. The Labute approximate surface area is 170 Å². The van der Waals surface area contributed by atoms with Crippen molar-refractivity contribution in [2.45, 2.75) is 11.1 Å². The number of aromatic hydroxyl groups is 1. The first-order chi connectivity index (χ1) is 13.5. The van der Waals surface area contributed by atoms with E-state index in [-0.39, 0.29) is 37.5 Å². The summed E-state index contributed by atoms with van der Waals surface area (Å²) in [6.07, 6.45) is -4.79.